The van der Waals surface area contributed by atoms with Gasteiger partial charge in [-0.25, -0.2) is 0 Å². The molecule has 1 aliphatic rings. The molecule has 5 nitrogen and oxygen atoms in total. The van der Waals surface area contributed by atoms with Crippen molar-refractivity contribution in [1.82, 2.24) is 0 Å². The van der Waals surface area contributed by atoms with Crippen LogP contribution in [0.4, 0.5) is 11.4 Å². The third-order valence-electron chi connectivity index (χ3n) is 4.12. The average molecular weight is 278 g/mol. The summed E-state index contributed by atoms with van der Waals surface area (Å²) in [5.41, 5.74) is 0.681. The van der Waals surface area contributed by atoms with Gasteiger partial charge in [0.25, 0.3) is 5.69 Å². The van der Waals surface area contributed by atoms with Crippen LogP contribution in [0.3, 0.4) is 0 Å². The quantitative estimate of drug-likeness (QED) is 0.653. The summed E-state index contributed by atoms with van der Waals surface area (Å²) >= 11 is 0. The number of rotatable bonds is 5. The van der Waals surface area contributed by atoms with Gasteiger partial charge >= 0.3 is 0 Å². The molecule has 2 atom stereocenters. The molecule has 1 aromatic carbocycles. The Bertz CT molecular complexity index is 476. The SMILES string of the molecule is CCC1CCCC(Nc2cc(OC)ccc2[N+](=O)[O-])C1. The van der Waals surface area contributed by atoms with Gasteiger partial charge in [-0.2, -0.15) is 0 Å². The fraction of sp³-hybridized carbons (Fsp3) is 0.600. The highest BCUT2D eigenvalue weighted by Gasteiger charge is 2.23. The van der Waals surface area contributed by atoms with Crippen LogP contribution < -0.4 is 10.1 Å². The Morgan fingerprint density at radius 3 is 2.90 bits per heavy atom. The number of nitro groups is 1. The van der Waals surface area contributed by atoms with Crippen LogP contribution in [0.5, 0.6) is 5.75 Å². The molecule has 1 aliphatic carbocycles. The molecule has 0 heterocycles. The van der Waals surface area contributed by atoms with Crippen LogP contribution in [0.25, 0.3) is 0 Å². The normalized spacial score (nSPS) is 22.3. The van der Waals surface area contributed by atoms with E-state index in [4.69, 9.17) is 4.74 Å². The lowest BCUT2D eigenvalue weighted by atomic mass is 9.84. The van der Waals surface area contributed by atoms with Crippen molar-refractivity contribution in [3.8, 4) is 5.75 Å². The van der Waals surface area contributed by atoms with E-state index in [-0.39, 0.29) is 10.6 Å². The maximum absolute atomic E-state index is 11.1. The van der Waals surface area contributed by atoms with E-state index in [1.165, 1.54) is 25.3 Å². The van der Waals surface area contributed by atoms with Crippen molar-refractivity contribution < 1.29 is 9.66 Å². The van der Waals surface area contributed by atoms with Gasteiger partial charge < -0.3 is 10.1 Å². The zero-order chi connectivity index (χ0) is 14.5. The third kappa shape index (κ3) is 3.40. The number of nitro benzene ring substituents is 1. The molecular weight excluding hydrogens is 256 g/mol. The lowest BCUT2D eigenvalue weighted by Crippen LogP contribution is -2.27. The highest BCUT2D eigenvalue weighted by atomic mass is 16.6. The van der Waals surface area contributed by atoms with Gasteiger partial charge in [-0.3, -0.25) is 10.1 Å². The smallest absolute Gasteiger partial charge is 0.292 e. The molecule has 1 aromatic rings. The number of hydrogen-bond acceptors (Lipinski definition) is 4. The topological polar surface area (TPSA) is 64.4 Å². The molecule has 1 fully saturated rings. The minimum Gasteiger partial charge on any atom is -0.497 e. The number of ether oxygens (including phenoxy) is 1. The van der Waals surface area contributed by atoms with Crippen LogP contribution in [-0.4, -0.2) is 18.1 Å². The maximum atomic E-state index is 11.1. The van der Waals surface area contributed by atoms with Gasteiger partial charge in [0, 0.05) is 18.2 Å². The first-order valence-electron chi connectivity index (χ1n) is 7.23. The Labute approximate surface area is 119 Å². The summed E-state index contributed by atoms with van der Waals surface area (Å²) in [4.78, 5) is 10.8. The van der Waals surface area contributed by atoms with Gasteiger partial charge in [-0.15, -0.1) is 0 Å². The van der Waals surface area contributed by atoms with E-state index in [0.717, 1.165) is 18.8 Å². The molecule has 2 unspecified atom stereocenters. The zero-order valence-electron chi connectivity index (χ0n) is 12.1. The Hall–Kier alpha value is -1.78. The molecule has 0 aliphatic heterocycles. The predicted octanol–water partition coefficient (Wildman–Crippen LogP) is 3.98. The molecule has 110 valence electrons. The highest BCUT2D eigenvalue weighted by Crippen LogP contribution is 2.33. The van der Waals surface area contributed by atoms with Crippen molar-refractivity contribution in [2.45, 2.75) is 45.1 Å². The van der Waals surface area contributed by atoms with Crippen molar-refractivity contribution in [1.29, 1.82) is 0 Å². The lowest BCUT2D eigenvalue weighted by Gasteiger charge is -2.29. The molecule has 1 saturated carbocycles. The maximum Gasteiger partial charge on any atom is 0.292 e. The van der Waals surface area contributed by atoms with Crippen molar-refractivity contribution in [3.63, 3.8) is 0 Å². The number of nitrogens with zero attached hydrogens (tertiary/aromatic N) is 1. The first-order chi connectivity index (χ1) is 9.63. The first kappa shape index (κ1) is 14.6. The van der Waals surface area contributed by atoms with Gasteiger partial charge in [0.1, 0.15) is 11.4 Å². The molecule has 5 heteroatoms. The Morgan fingerprint density at radius 2 is 2.25 bits per heavy atom. The van der Waals surface area contributed by atoms with Gasteiger partial charge in [0.2, 0.25) is 0 Å². The summed E-state index contributed by atoms with van der Waals surface area (Å²) in [6.07, 6.45) is 5.80. The molecular formula is C15H22N2O3. The van der Waals surface area contributed by atoms with Gasteiger partial charge in [-0.1, -0.05) is 26.2 Å². The molecule has 0 aromatic heterocycles. The van der Waals surface area contributed by atoms with Crippen LogP contribution in [0.1, 0.15) is 39.0 Å². The van der Waals surface area contributed by atoms with Crippen LogP contribution in [0, 0.1) is 16.0 Å². The molecule has 0 spiro atoms. The molecule has 0 bridgehead atoms. The van der Waals surface area contributed by atoms with E-state index in [9.17, 15) is 10.1 Å². The highest BCUT2D eigenvalue weighted by molar-refractivity contribution is 5.64. The minimum atomic E-state index is -0.345. The Balaban J connectivity index is 2.16. The average Bonchev–Trinajstić information content (AvgIpc) is 2.47. The summed E-state index contributed by atoms with van der Waals surface area (Å²) < 4.78 is 5.16. The fourth-order valence-electron chi connectivity index (χ4n) is 2.93. The number of nitrogens with one attached hydrogen (secondary N) is 1. The summed E-state index contributed by atoms with van der Waals surface area (Å²) in [7, 11) is 1.57. The number of hydrogen-bond donors (Lipinski definition) is 1. The summed E-state index contributed by atoms with van der Waals surface area (Å²) in [6, 6.07) is 5.16. The van der Waals surface area contributed by atoms with Gasteiger partial charge in [-0.05, 0) is 24.8 Å². The minimum absolute atomic E-state index is 0.115. The van der Waals surface area contributed by atoms with Gasteiger partial charge in [0.15, 0.2) is 0 Å². The third-order valence-corrected chi connectivity index (χ3v) is 4.12. The van der Waals surface area contributed by atoms with E-state index in [1.54, 1.807) is 19.2 Å². The van der Waals surface area contributed by atoms with Crippen molar-refractivity contribution in [2.75, 3.05) is 12.4 Å². The standard InChI is InChI=1S/C15H22N2O3/c1-3-11-5-4-6-12(9-11)16-14-10-13(20-2)7-8-15(14)17(18)19/h7-8,10-12,16H,3-6,9H2,1-2H3. The molecule has 0 radical (unpaired) electrons. The molecule has 0 amide bonds. The van der Waals surface area contributed by atoms with E-state index in [1.807, 2.05) is 0 Å². The van der Waals surface area contributed by atoms with Crippen molar-refractivity contribution in [3.05, 3.63) is 28.3 Å². The fourth-order valence-corrected chi connectivity index (χ4v) is 2.93. The Kier molecular flexibility index (Phi) is 4.82. The first-order valence-corrected chi connectivity index (χ1v) is 7.23. The second kappa shape index (κ2) is 6.59. The van der Waals surface area contributed by atoms with E-state index < -0.39 is 0 Å². The van der Waals surface area contributed by atoms with Crippen molar-refractivity contribution in [2.24, 2.45) is 5.92 Å². The summed E-state index contributed by atoms with van der Waals surface area (Å²) in [5.74, 6) is 1.37. The summed E-state index contributed by atoms with van der Waals surface area (Å²) in [5, 5.41) is 14.5. The monoisotopic (exact) mass is 278 g/mol. The predicted molar refractivity (Wildman–Crippen MR) is 79.3 cm³/mol. The molecule has 20 heavy (non-hydrogen) atoms. The number of methoxy groups -OCH3 is 1. The largest absolute Gasteiger partial charge is 0.497 e. The van der Waals surface area contributed by atoms with E-state index in [0.29, 0.717) is 17.5 Å². The molecule has 0 saturated heterocycles. The van der Waals surface area contributed by atoms with Crippen LogP contribution in [0.2, 0.25) is 0 Å². The van der Waals surface area contributed by atoms with Crippen LogP contribution in [-0.2, 0) is 0 Å². The van der Waals surface area contributed by atoms with Crippen molar-refractivity contribution >= 4 is 11.4 Å². The lowest BCUT2D eigenvalue weighted by molar-refractivity contribution is -0.384. The molecule has 2 rings (SSSR count). The number of anilines is 1. The van der Waals surface area contributed by atoms with E-state index in [2.05, 4.69) is 12.2 Å². The zero-order valence-corrected chi connectivity index (χ0v) is 12.1. The second-order valence-corrected chi connectivity index (χ2v) is 5.42. The number of benzene rings is 1. The van der Waals surface area contributed by atoms with Gasteiger partial charge in [0.05, 0.1) is 12.0 Å². The second-order valence-electron chi connectivity index (χ2n) is 5.42. The van der Waals surface area contributed by atoms with Crippen LogP contribution >= 0.6 is 0 Å². The molecule has 1 N–H and O–H groups in total. The summed E-state index contributed by atoms with van der Waals surface area (Å²) in [6.45, 7) is 2.21. The van der Waals surface area contributed by atoms with E-state index >= 15 is 0 Å². The Morgan fingerprint density at radius 1 is 1.45 bits per heavy atom. The van der Waals surface area contributed by atoms with Crippen LogP contribution in [0.15, 0.2) is 18.2 Å².